The van der Waals surface area contributed by atoms with Gasteiger partial charge in [0.05, 0.1) is 23.4 Å². The van der Waals surface area contributed by atoms with E-state index in [-0.39, 0.29) is 6.04 Å². The standard InChI is InChI=1S/C12H19N5S/c1-3-17-6-10(5-15-17)12(4-13)16(2)7-11-8-18-9-14-11/h5-6,8-9,12H,3-4,7,13H2,1-2H3. The molecule has 2 aromatic heterocycles. The Balaban J connectivity index is 2.07. The minimum Gasteiger partial charge on any atom is -0.329 e. The molecule has 2 rings (SSSR count). The highest BCUT2D eigenvalue weighted by Crippen LogP contribution is 2.19. The van der Waals surface area contributed by atoms with E-state index < -0.39 is 0 Å². The van der Waals surface area contributed by atoms with Crippen LogP contribution in [-0.4, -0.2) is 33.3 Å². The molecule has 6 heteroatoms. The smallest absolute Gasteiger partial charge is 0.0795 e. The number of aryl methyl sites for hydroxylation is 1. The molecule has 2 heterocycles. The zero-order chi connectivity index (χ0) is 13.0. The van der Waals surface area contributed by atoms with Crippen molar-refractivity contribution in [3.63, 3.8) is 0 Å². The number of aromatic nitrogens is 3. The lowest BCUT2D eigenvalue weighted by atomic mass is 10.1. The molecule has 1 unspecified atom stereocenters. The maximum Gasteiger partial charge on any atom is 0.0795 e. The Hall–Kier alpha value is -1.24. The van der Waals surface area contributed by atoms with E-state index in [9.17, 15) is 0 Å². The van der Waals surface area contributed by atoms with Gasteiger partial charge in [0.2, 0.25) is 0 Å². The second-order valence-corrected chi connectivity index (χ2v) is 4.99. The highest BCUT2D eigenvalue weighted by molar-refractivity contribution is 7.07. The minimum absolute atomic E-state index is 0.187. The van der Waals surface area contributed by atoms with Crippen LogP contribution in [0.15, 0.2) is 23.3 Å². The highest BCUT2D eigenvalue weighted by atomic mass is 32.1. The Labute approximate surface area is 111 Å². The molecule has 0 bridgehead atoms. The van der Waals surface area contributed by atoms with Gasteiger partial charge in [0.1, 0.15) is 0 Å². The number of rotatable bonds is 6. The molecule has 0 radical (unpaired) electrons. The molecule has 18 heavy (non-hydrogen) atoms. The van der Waals surface area contributed by atoms with E-state index in [4.69, 9.17) is 5.73 Å². The Morgan fingerprint density at radius 2 is 2.39 bits per heavy atom. The second kappa shape index (κ2) is 6.08. The first-order chi connectivity index (χ1) is 8.74. The molecule has 0 saturated carbocycles. The second-order valence-electron chi connectivity index (χ2n) is 4.28. The van der Waals surface area contributed by atoms with Gasteiger partial charge in [0.25, 0.3) is 0 Å². The predicted octanol–water partition coefficient (Wildman–Crippen LogP) is 1.49. The van der Waals surface area contributed by atoms with Crippen LogP contribution >= 0.6 is 11.3 Å². The Bertz CT molecular complexity index is 465. The maximum atomic E-state index is 5.89. The van der Waals surface area contributed by atoms with Gasteiger partial charge >= 0.3 is 0 Å². The van der Waals surface area contributed by atoms with Crippen molar-refractivity contribution < 1.29 is 0 Å². The van der Waals surface area contributed by atoms with Gasteiger partial charge in [-0.15, -0.1) is 11.3 Å². The van der Waals surface area contributed by atoms with E-state index in [1.54, 1.807) is 11.3 Å². The van der Waals surface area contributed by atoms with Crippen molar-refractivity contribution in [2.75, 3.05) is 13.6 Å². The summed E-state index contributed by atoms with van der Waals surface area (Å²) in [5, 5.41) is 6.37. The lowest BCUT2D eigenvalue weighted by Crippen LogP contribution is -2.30. The number of thiazole rings is 1. The molecular weight excluding hydrogens is 246 g/mol. The van der Waals surface area contributed by atoms with Gasteiger partial charge in [0, 0.05) is 36.8 Å². The molecule has 0 fully saturated rings. The van der Waals surface area contributed by atoms with Crippen LogP contribution in [-0.2, 0) is 13.1 Å². The third-order valence-electron chi connectivity index (χ3n) is 3.01. The fourth-order valence-corrected chi connectivity index (χ4v) is 2.53. The topological polar surface area (TPSA) is 60.0 Å². The molecule has 0 aliphatic heterocycles. The average Bonchev–Trinajstić information content (AvgIpc) is 3.01. The van der Waals surface area contributed by atoms with E-state index in [0.29, 0.717) is 6.54 Å². The Kier molecular flexibility index (Phi) is 4.46. The van der Waals surface area contributed by atoms with E-state index >= 15 is 0 Å². The normalized spacial score (nSPS) is 13.1. The number of hydrogen-bond donors (Lipinski definition) is 1. The van der Waals surface area contributed by atoms with Gasteiger partial charge in [-0.05, 0) is 14.0 Å². The van der Waals surface area contributed by atoms with Crippen LogP contribution in [0.4, 0.5) is 0 Å². The third-order valence-corrected chi connectivity index (χ3v) is 3.65. The van der Waals surface area contributed by atoms with Crippen LogP contribution in [0.1, 0.15) is 24.2 Å². The fraction of sp³-hybridized carbons (Fsp3) is 0.500. The molecule has 5 nitrogen and oxygen atoms in total. The molecule has 1 atom stereocenters. The number of hydrogen-bond acceptors (Lipinski definition) is 5. The van der Waals surface area contributed by atoms with Gasteiger partial charge in [-0.3, -0.25) is 9.58 Å². The molecule has 0 amide bonds. The summed E-state index contributed by atoms with van der Waals surface area (Å²) in [5.41, 5.74) is 10.00. The number of nitrogens with two attached hydrogens (primary N) is 1. The first kappa shape index (κ1) is 13.2. The Morgan fingerprint density at radius 3 is 2.94 bits per heavy atom. The van der Waals surface area contributed by atoms with Crippen LogP contribution in [0.5, 0.6) is 0 Å². The minimum atomic E-state index is 0.187. The van der Waals surface area contributed by atoms with Gasteiger partial charge in [-0.1, -0.05) is 0 Å². The molecule has 0 spiro atoms. The molecule has 0 aromatic carbocycles. The van der Waals surface area contributed by atoms with Gasteiger partial charge < -0.3 is 5.73 Å². The van der Waals surface area contributed by atoms with Crippen molar-refractivity contribution in [2.45, 2.75) is 26.1 Å². The van der Waals surface area contributed by atoms with Crippen molar-refractivity contribution in [3.05, 3.63) is 34.5 Å². The zero-order valence-corrected chi connectivity index (χ0v) is 11.6. The molecule has 98 valence electrons. The van der Waals surface area contributed by atoms with Crippen LogP contribution in [0, 0.1) is 0 Å². The summed E-state index contributed by atoms with van der Waals surface area (Å²) < 4.78 is 1.93. The van der Waals surface area contributed by atoms with E-state index in [2.05, 4.69) is 40.5 Å². The SMILES string of the molecule is CCn1cc(C(CN)N(C)Cc2cscn2)cn1. The summed E-state index contributed by atoms with van der Waals surface area (Å²) >= 11 is 1.62. The summed E-state index contributed by atoms with van der Waals surface area (Å²) in [6, 6.07) is 0.187. The van der Waals surface area contributed by atoms with Crippen LogP contribution < -0.4 is 5.73 Å². The predicted molar refractivity (Wildman–Crippen MR) is 73.3 cm³/mol. The monoisotopic (exact) mass is 265 g/mol. The summed E-state index contributed by atoms with van der Waals surface area (Å²) in [6.07, 6.45) is 3.97. The van der Waals surface area contributed by atoms with Gasteiger partial charge in [-0.25, -0.2) is 4.98 Å². The molecule has 0 aliphatic carbocycles. The summed E-state index contributed by atoms with van der Waals surface area (Å²) in [5.74, 6) is 0. The number of nitrogens with zero attached hydrogens (tertiary/aromatic N) is 4. The highest BCUT2D eigenvalue weighted by Gasteiger charge is 2.17. The van der Waals surface area contributed by atoms with E-state index in [1.807, 2.05) is 16.4 Å². The first-order valence-corrected chi connectivity index (χ1v) is 6.98. The summed E-state index contributed by atoms with van der Waals surface area (Å²) in [7, 11) is 2.07. The lowest BCUT2D eigenvalue weighted by Gasteiger charge is -2.25. The van der Waals surface area contributed by atoms with Crippen molar-refractivity contribution in [3.8, 4) is 0 Å². The van der Waals surface area contributed by atoms with Crippen molar-refractivity contribution in [1.29, 1.82) is 0 Å². The van der Waals surface area contributed by atoms with Gasteiger partial charge in [-0.2, -0.15) is 5.10 Å². The third kappa shape index (κ3) is 2.95. The van der Waals surface area contributed by atoms with Crippen molar-refractivity contribution in [2.24, 2.45) is 5.73 Å². The van der Waals surface area contributed by atoms with Crippen LogP contribution in [0.3, 0.4) is 0 Å². The lowest BCUT2D eigenvalue weighted by molar-refractivity contribution is 0.239. The summed E-state index contributed by atoms with van der Waals surface area (Å²) in [6.45, 7) is 4.35. The van der Waals surface area contributed by atoms with Crippen LogP contribution in [0.2, 0.25) is 0 Å². The summed E-state index contributed by atoms with van der Waals surface area (Å²) in [4.78, 5) is 6.52. The van der Waals surface area contributed by atoms with E-state index in [0.717, 1.165) is 24.3 Å². The number of likely N-dealkylation sites (N-methyl/N-ethyl adjacent to an activating group) is 1. The average molecular weight is 265 g/mol. The van der Waals surface area contributed by atoms with Crippen molar-refractivity contribution >= 4 is 11.3 Å². The van der Waals surface area contributed by atoms with Crippen LogP contribution in [0.25, 0.3) is 0 Å². The maximum absolute atomic E-state index is 5.89. The molecule has 2 aromatic rings. The zero-order valence-electron chi connectivity index (χ0n) is 10.8. The molecular formula is C12H19N5S. The Morgan fingerprint density at radius 1 is 1.56 bits per heavy atom. The molecule has 2 N–H and O–H groups in total. The van der Waals surface area contributed by atoms with Gasteiger partial charge in [0.15, 0.2) is 0 Å². The largest absolute Gasteiger partial charge is 0.329 e. The van der Waals surface area contributed by atoms with Crippen molar-refractivity contribution in [1.82, 2.24) is 19.7 Å². The quantitative estimate of drug-likeness (QED) is 0.859. The first-order valence-electron chi connectivity index (χ1n) is 6.04. The molecule has 0 aliphatic rings. The fourth-order valence-electron chi connectivity index (χ4n) is 1.98. The molecule has 0 saturated heterocycles. The van der Waals surface area contributed by atoms with E-state index in [1.165, 1.54) is 0 Å².